The van der Waals surface area contributed by atoms with Crippen LogP contribution >= 0.6 is 0 Å². The molecule has 2 aromatic rings. The molecule has 1 atom stereocenters. The Kier molecular flexibility index (Phi) is 8.54. The predicted molar refractivity (Wildman–Crippen MR) is 138 cm³/mol. The number of aryl methyl sites for hydroxylation is 1. The predicted octanol–water partition coefficient (Wildman–Crippen LogP) is 0.696. The highest BCUT2D eigenvalue weighted by Gasteiger charge is 2.39. The normalized spacial score (nSPS) is 22.5. The third kappa shape index (κ3) is 6.68. The van der Waals surface area contributed by atoms with Crippen molar-refractivity contribution < 1.29 is 27.8 Å². The van der Waals surface area contributed by atoms with Gasteiger partial charge in [-0.3, -0.25) is 9.48 Å². The number of fused-ring (bicyclic) bond motifs is 1. The molecule has 0 saturated carbocycles. The van der Waals surface area contributed by atoms with Crippen molar-refractivity contribution in [3.8, 4) is 16.9 Å². The number of sulfonamides is 1. The molecular formula is C25H37N5O6S. The van der Waals surface area contributed by atoms with Crippen molar-refractivity contribution in [2.75, 3.05) is 59.6 Å². The number of benzene rings is 1. The van der Waals surface area contributed by atoms with E-state index in [0.717, 1.165) is 11.1 Å². The summed E-state index contributed by atoms with van der Waals surface area (Å²) in [6.07, 6.45) is 4.07. The molecule has 4 rings (SSSR count). The van der Waals surface area contributed by atoms with E-state index >= 15 is 0 Å². The zero-order valence-corrected chi connectivity index (χ0v) is 22.5. The van der Waals surface area contributed by atoms with Crippen LogP contribution in [0.2, 0.25) is 0 Å². The number of likely N-dealkylation sites (tertiary alicyclic amines) is 1. The van der Waals surface area contributed by atoms with Crippen LogP contribution in [-0.4, -0.2) is 105 Å². The number of β-amino-alcohol motifs (C(OH)–C–C–N with tert-alkyl or cyclic N) is 1. The molecule has 0 bridgehead atoms. The molecule has 3 heterocycles. The quantitative estimate of drug-likeness (QED) is 0.586. The van der Waals surface area contributed by atoms with Crippen molar-refractivity contribution in [1.82, 2.24) is 24.3 Å². The highest BCUT2D eigenvalue weighted by atomic mass is 32.2. The summed E-state index contributed by atoms with van der Waals surface area (Å²) in [7, 11) is -0.198. The molecule has 12 heteroatoms. The van der Waals surface area contributed by atoms with Crippen molar-refractivity contribution in [3.63, 3.8) is 0 Å². The molecule has 2 aliphatic heterocycles. The van der Waals surface area contributed by atoms with Gasteiger partial charge in [0.15, 0.2) is 0 Å². The number of ether oxygens (including phenoxy) is 2. The molecule has 1 aromatic carbocycles. The second-order valence-electron chi connectivity index (χ2n) is 10.1. The van der Waals surface area contributed by atoms with Gasteiger partial charge in [0.25, 0.3) is 0 Å². The average Bonchev–Trinajstić information content (AvgIpc) is 3.31. The summed E-state index contributed by atoms with van der Waals surface area (Å²) >= 11 is 0. The third-order valence-corrected chi connectivity index (χ3v) is 8.51. The highest BCUT2D eigenvalue weighted by Crippen LogP contribution is 2.36. The first-order valence-corrected chi connectivity index (χ1v) is 14.1. The van der Waals surface area contributed by atoms with Crippen molar-refractivity contribution in [3.05, 3.63) is 30.6 Å². The highest BCUT2D eigenvalue weighted by molar-refractivity contribution is 7.89. The van der Waals surface area contributed by atoms with E-state index in [1.54, 1.807) is 23.0 Å². The zero-order chi connectivity index (χ0) is 26.6. The standard InChI is InChI=1S/C25H37N5O6S/c1-4-35-16-24(32)30-9-7-25(8-10-30)17-28(2)15-21(31)13-27-37(33,34)23-6-5-19(11-22(23)36-18-25)20-12-26-29(3)14-20/h5-6,11-12,14,21,27,31H,4,7-10,13,15-18H2,1-3H3. The first-order valence-electron chi connectivity index (χ1n) is 12.6. The first-order chi connectivity index (χ1) is 17.6. The fourth-order valence-corrected chi connectivity index (χ4v) is 6.23. The van der Waals surface area contributed by atoms with Gasteiger partial charge in [0.2, 0.25) is 15.9 Å². The second kappa shape index (κ2) is 11.5. The maximum absolute atomic E-state index is 13.2. The van der Waals surface area contributed by atoms with Gasteiger partial charge in [0.05, 0.1) is 18.9 Å². The van der Waals surface area contributed by atoms with Gasteiger partial charge in [-0.2, -0.15) is 5.10 Å². The SMILES string of the molecule is CCOCC(=O)N1CCC2(CC1)COc1cc(-c3cnn(C)c3)ccc1S(=O)(=O)NCC(O)CN(C)C2. The van der Waals surface area contributed by atoms with Crippen molar-refractivity contribution >= 4 is 15.9 Å². The number of piperidine rings is 1. The molecule has 0 radical (unpaired) electrons. The number of nitrogens with one attached hydrogen (secondary N) is 1. The van der Waals surface area contributed by atoms with Crippen molar-refractivity contribution in [2.45, 2.75) is 30.8 Å². The summed E-state index contributed by atoms with van der Waals surface area (Å²) in [5, 5.41) is 14.8. The zero-order valence-electron chi connectivity index (χ0n) is 21.7. The fourth-order valence-electron chi connectivity index (χ4n) is 5.03. The van der Waals surface area contributed by atoms with E-state index in [0.29, 0.717) is 45.6 Å². The Hall–Kier alpha value is -2.51. The Balaban J connectivity index is 1.64. The molecule has 11 nitrogen and oxygen atoms in total. The summed E-state index contributed by atoms with van der Waals surface area (Å²) in [5.41, 5.74) is 1.31. The Morgan fingerprint density at radius 3 is 2.70 bits per heavy atom. The Morgan fingerprint density at radius 2 is 2.03 bits per heavy atom. The smallest absolute Gasteiger partial charge is 0.248 e. The third-order valence-electron chi connectivity index (χ3n) is 7.05. The van der Waals surface area contributed by atoms with Gasteiger partial charge in [-0.05, 0) is 44.5 Å². The minimum absolute atomic E-state index is 0.0285. The summed E-state index contributed by atoms with van der Waals surface area (Å²) in [6, 6.07) is 4.99. The van der Waals surface area contributed by atoms with Crippen LogP contribution in [0.4, 0.5) is 0 Å². The molecule has 1 aromatic heterocycles. The summed E-state index contributed by atoms with van der Waals surface area (Å²) in [6.45, 7) is 4.67. The molecule has 1 unspecified atom stereocenters. The first kappa shape index (κ1) is 27.5. The monoisotopic (exact) mass is 535 g/mol. The topological polar surface area (TPSA) is 126 Å². The average molecular weight is 536 g/mol. The summed E-state index contributed by atoms with van der Waals surface area (Å²) in [5.74, 6) is 0.221. The maximum atomic E-state index is 13.2. The van der Waals surface area contributed by atoms with Crippen LogP contribution in [-0.2, 0) is 26.6 Å². The molecule has 1 amide bonds. The number of aliphatic hydroxyl groups excluding tert-OH is 1. The van der Waals surface area contributed by atoms with E-state index in [4.69, 9.17) is 9.47 Å². The Bertz CT molecular complexity index is 1190. The van der Waals surface area contributed by atoms with Crippen molar-refractivity contribution in [1.29, 1.82) is 0 Å². The molecule has 204 valence electrons. The molecular weight excluding hydrogens is 498 g/mol. The number of carbonyl (C=O) groups is 1. The molecule has 1 spiro atoms. The second-order valence-corrected chi connectivity index (χ2v) is 11.8. The number of hydrogen-bond acceptors (Lipinski definition) is 8. The van der Waals surface area contributed by atoms with Gasteiger partial charge >= 0.3 is 0 Å². The molecule has 37 heavy (non-hydrogen) atoms. The molecule has 2 aliphatic rings. The number of aromatic nitrogens is 2. The number of rotatable bonds is 4. The van der Waals surface area contributed by atoms with E-state index in [1.165, 1.54) is 6.07 Å². The van der Waals surface area contributed by atoms with E-state index in [2.05, 4.69) is 9.82 Å². The maximum Gasteiger partial charge on any atom is 0.248 e. The molecule has 1 fully saturated rings. The summed E-state index contributed by atoms with van der Waals surface area (Å²) in [4.78, 5) is 16.3. The number of amides is 1. The minimum atomic E-state index is -3.93. The van der Waals surface area contributed by atoms with E-state index < -0.39 is 16.1 Å². The lowest BCUT2D eigenvalue weighted by atomic mass is 9.78. The van der Waals surface area contributed by atoms with Crippen LogP contribution < -0.4 is 9.46 Å². The number of aliphatic hydroxyl groups is 1. The number of nitrogens with zero attached hydrogens (tertiary/aromatic N) is 4. The van der Waals surface area contributed by atoms with E-state index in [9.17, 15) is 18.3 Å². The number of likely N-dealkylation sites (N-methyl/N-ethyl adjacent to an activating group) is 1. The summed E-state index contributed by atoms with van der Waals surface area (Å²) < 4.78 is 42.2. The lowest BCUT2D eigenvalue weighted by Gasteiger charge is -2.44. The van der Waals surface area contributed by atoms with Gasteiger partial charge in [-0.1, -0.05) is 6.07 Å². The van der Waals surface area contributed by atoms with Crippen LogP contribution in [0, 0.1) is 5.41 Å². The molecule has 0 aliphatic carbocycles. The van der Waals surface area contributed by atoms with Crippen LogP contribution in [0.15, 0.2) is 35.5 Å². The largest absolute Gasteiger partial charge is 0.492 e. The van der Waals surface area contributed by atoms with Gasteiger partial charge in [-0.15, -0.1) is 0 Å². The van der Waals surface area contributed by atoms with Crippen LogP contribution in [0.1, 0.15) is 19.8 Å². The number of hydrogen-bond donors (Lipinski definition) is 2. The van der Waals surface area contributed by atoms with Crippen molar-refractivity contribution in [2.24, 2.45) is 12.5 Å². The van der Waals surface area contributed by atoms with Crippen LogP contribution in [0.3, 0.4) is 0 Å². The van der Waals surface area contributed by atoms with Gasteiger partial charge in [0, 0.05) is 63.6 Å². The van der Waals surface area contributed by atoms with E-state index in [1.807, 2.05) is 37.0 Å². The van der Waals surface area contributed by atoms with Crippen LogP contribution in [0.25, 0.3) is 11.1 Å². The lowest BCUT2D eigenvalue weighted by molar-refractivity contribution is -0.139. The Morgan fingerprint density at radius 1 is 1.27 bits per heavy atom. The number of carbonyl (C=O) groups excluding carboxylic acids is 1. The van der Waals surface area contributed by atoms with E-state index in [-0.39, 0.29) is 41.7 Å². The Labute approximate surface area is 218 Å². The lowest BCUT2D eigenvalue weighted by Crippen LogP contribution is -2.52. The van der Waals surface area contributed by atoms with Gasteiger partial charge < -0.3 is 24.4 Å². The molecule has 2 N–H and O–H groups in total. The van der Waals surface area contributed by atoms with Gasteiger partial charge in [0.1, 0.15) is 17.3 Å². The fraction of sp³-hybridized carbons (Fsp3) is 0.600. The van der Waals surface area contributed by atoms with Crippen LogP contribution in [0.5, 0.6) is 5.75 Å². The molecule has 1 saturated heterocycles. The minimum Gasteiger partial charge on any atom is -0.492 e. The van der Waals surface area contributed by atoms with Gasteiger partial charge in [-0.25, -0.2) is 13.1 Å².